The highest BCUT2D eigenvalue weighted by Crippen LogP contribution is 2.38. The van der Waals surface area contributed by atoms with E-state index < -0.39 is 0 Å². The summed E-state index contributed by atoms with van der Waals surface area (Å²) in [5.41, 5.74) is 4.45. The highest BCUT2D eigenvalue weighted by molar-refractivity contribution is 7.98. The number of Topliss-reactive ketones (excluding diaryl/α,β-unsaturated/α-hetero) is 1. The van der Waals surface area contributed by atoms with Crippen molar-refractivity contribution in [3.8, 4) is 5.75 Å². The van der Waals surface area contributed by atoms with E-state index in [1.165, 1.54) is 0 Å². The first-order valence-corrected chi connectivity index (χ1v) is 15.5. The maximum atomic E-state index is 12.8. The molecule has 4 aromatic rings. The fourth-order valence-electron chi connectivity index (χ4n) is 5.14. The molecule has 0 spiro atoms. The van der Waals surface area contributed by atoms with Crippen molar-refractivity contribution in [3.63, 3.8) is 0 Å². The predicted octanol–water partition coefficient (Wildman–Crippen LogP) is 6.20. The Morgan fingerprint density at radius 2 is 1.86 bits per heavy atom. The molecule has 1 aliphatic carbocycles. The number of esters is 1. The summed E-state index contributed by atoms with van der Waals surface area (Å²) in [7, 11) is 0. The molecular formula is C34H35N3O5S. The van der Waals surface area contributed by atoms with Gasteiger partial charge in [0.05, 0.1) is 25.9 Å². The van der Waals surface area contributed by atoms with Gasteiger partial charge in [0, 0.05) is 52.7 Å². The molecule has 0 bridgehead atoms. The van der Waals surface area contributed by atoms with Crippen molar-refractivity contribution in [1.82, 2.24) is 14.9 Å². The molecule has 222 valence electrons. The Balaban J connectivity index is 1.33. The average molecular weight is 598 g/mol. The first-order valence-electron chi connectivity index (χ1n) is 14.5. The van der Waals surface area contributed by atoms with Crippen LogP contribution in [0.1, 0.15) is 69.7 Å². The average Bonchev–Trinajstić information content (AvgIpc) is 3.54. The van der Waals surface area contributed by atoms with Crippen molar-refractivity contribution in [2.45, 2.75) is 55.9 Å². The van der Waals surface area contributed by atoms with Crippen LogP contribution in [-0.4, -0.2) is 40.4 Å². The fourth-order valence-corrected chi connectivity index (χ4v) is 6.09. The summed E-state index contributed by atoms with van der Waals surface area (Å²) in [5.74, 6) is 0.989. The smallest absolute Gasteiger partial charge is 0.307 e. The fraction of sp³-hybridized carbons (Fsp3) is 0.294. The Labute approximate surface area is 255 Å². The van der Waals surface area contributed by atoms with Gasteiger partial charge in [-0.3, -0.25) is 14.4 Å². The molecule has 0 aliphatic heterocycles. The molecule has 0 saturated heterocycles. The van der Waals surface area contributed by atoms with Crippen LogP contribution in [0.2, 0.25) is 0 Å². The summed E-state index contributed by atoms with van der Waals surface area (Å²) in [4.78, 5) is 42.0. The minimum atomic E-state index is -0.334. The summed E-state index contributed by atoms with van der Waals surface area (Å²) in [6.45, 7) is 2.89. The van der Waals surface area contributed by atoms with Crippen LogP contribution < -0.4 is 10.1 Å². The number of rotatable bonds is 13. The van der Waals surface area contributed by atoms with Crippen LogP contribution in [-0.2, 0) is 28.2 Å². The Hall–Kier alpha value is -4.37. The number of nitrogens with one attached hydrogen (secondary N) is 1. The monoisotopic (exact) mass is 597 g/mol. The van der Waals surface area contributed by atoms with Gasteiger partial charge >= 0.3 is 5.97 Å². The largest absolute Gasteiger partial charge is 0.484 e. The van der Waals surface area contributed by atoms with Crippen molar-refractivity contribution in [3.05, 3.63) is 113 Å². The topological polar surface area (TPSA) is 99.5 Å². The number of benzene rings is 3. The number of imidazole rings is 1. The molecule has 5 rings (SSSR count). The quantitative estimate of drug-likeness (QED) is 0.145. The van der Waals surface area contributed by atoms with Crippen molar-refractivity contribution < 1.29 is 23.9 Å². The lowest BCUT2D eigenvalue weighted by Crippen LogP contribution is -2.26. The van der Waals surface area contributed by atoms with E-state index in [-0.39, 0.29) is 36.7 Å². The standard InChI is InChI=1S/C34H35N3O5S/c1-2-41-33(39)17-18-36-34(40)25-11-13-26(14-12-25)43-22-29-27-9-6-10-30(38)28(27)15-16-31(29)42-32(21-37-20-19-35-23-37)24-7-4-3-5-8-24/h3-5,7-8,11-16,19-20,23,32H,2,6,9-10,17-18,21-22H2,1H3,(H,36,40)/t32-/m1/s1. The molecule has 0 unspecified atom stereocenters. The second-order valence-electron chi connectivity index (χ2n) is 10.2. The molecule has 1 heterocycles. The lowest BCUT2D eigenvalue weighted by atomic mass is 9.87. The molecule has 1 N–H and O–H groups in total. The van der Waals surface area contributed by atoms with Gasteiger partial charge < -0.3 is 19.4 Å². The van der Waals surface area contributed by atoms with Gasteiger partial charge in [-0.15, -0.1) is 11.8 Å². The lowest BCUT2D eigenvalue weighted by Gasteiger charge is -2.25. The number of amides is 1. The summed E-state index contributed by atoms with van der Waals surface area (Å²) < 4.78 is 13.7. The van der Waals surface area contributed by atoms with Crippen LogP contribution in [0.15, 0.2) is 90.3 Å². The summed E-state index contributed by atoms with van der Waals surface area (Å²) in [6, 6.07) is 21.4. The Morgan fingerprint density at radius 1 is 1.05 bits per heavy atom. The molecule has 3 aromatic carbocycles. The lowest BCUT2D eigenvalue weighted by molar-refractivity contribution is -0.142. The zero-order valence-electron chi connectivity index (χ0n) is 24.2. The number of ether oxygens (including phenoxy) is 2. The number of carbonyl (C=O) groups excluding carboxylic acids is 3. The number of thioether (sulfide) groups is 1. The third-order valence-corrected chi connectivity index (χ3v) is 8.35. The maximum Gasteiger partial charge on any atom is 0.307 e. The van der Waals surface area contributed by atoms with Gasteiger partial charge in [-0.1, -0.05) is 30.3 Å². The highest BCUT2D eigenvalue weighted by atomic mass is 32.2. The van der Waals surface area contributed by atoms with Crippen LogP contribution in [0.4, 0.5) is 0 Å². The van der Waals surface area contributed by atoms with Crippen LogP contribution in [0.25, 0.3) is 0 Å². The first kappa shape index (κ1) is 30.1. The first-order chi connectivity index (χ1) is 21.0. The van der Waals surface area contributed by atoms with Gasteiger partial charge in [-0.25, -0.2) is 4.98 Å². The number of hydrogen-bond donors (Lipinski definition) is 1. The number of fused-ring (bicyclic) bond motifs is 1. The molecule has 1 aromatic heterocycles. The van der Waals surface area contributed by atoms with E-state index in [2.05, 4.69) is 22.4 Å². The number of hydrogen-bond acceptors (Lipinski definition) is 7. The van der Waals surface area contributed by atoms with E-state index in [0.717, 1.165) is 45.7 Å². The SMILES string of the molecule is CCOC(=O)CCNC(=O)c1ccc(SCc2c(O[C@H](Cn3ccnc3)c3ccccc3)ccc3c2CCCC3=O)cc1. The molecule has 9 heteroatoms. The van der Waals surface area contributed by atoms with E-state index in [1.54, 1.807) is 43.3 Å². The summed E-state index contributed by atoms with van der Waals surface area (Å²) in [5, 5.41) is 2.76. The van der Waals surface area contributed by atoms with E-state index in [0.29, 0.717) is 30.9 Å². The van der Waals surface area contributed by atoms with E-state index in [4.69, 9.17) is 9.47 Å². The number of nitrogens with zero attached hydrogens (tertiary/aromatic N) is 2. The Bertz CT molecular complexity index is 1540. The van der Waals surface area contributed by atoms with Gasteiger partial charge in [0.2, 0.25) is 0 Å². The molecular weight excluding hydrogens is 562 g/mol. The van der Waals surface area contributed by atoms with Gasteiger partial charge in [-0.2, -0.15) is 0 Å². The van der Waals surface area contributed by atoms with Crippen molar-refractivity contribution in [2.75, 3.05) is 13.2 Å². The van der Waals surface area contributed by atoms with Crippen molar-refractivity contribution >= 4 is 29.4 Å². The molecule has 43 heavy (non-hydrogen) atoms. The van der Waals surface area contributed by atoms with Crippen LogP contribution in [0.5, 0.6) is 5.75 Å². The van der Waals surface area contributed by atoms with Crippen molar-refractivity contribution in [2.24, 2.45) is 0 Å². The molecule has 1 atom stereocenters. The van der Waals surface area contributed by atoms with Crippen molar-refractivity contribution in [1.29, 1.82) is 0 Å². The molecule has 1 aliphatic rings. The van der Waals surface area contributed by atoms with E-state index in [1.807, 2.05) is 53.2 Å². The molecule has 0 radical (unpaired) electrons. The van der Waals surface area contributed by atoms with Crippen LogP contribution in [0.3, 0.4) is 0 Å². The minimum Gasteiger partial charge on any atom is -0.484 e. The molecule has 0 fully saturated rings. The maximum absolute atomic E-state index is 12.8. The number of aromatic nitrogens is 2. The third kappa shape index (κ3) is 7.93. The second-order valence-corrected chi connectivity index (χ2v) is 11.3. The zero-order valence-corrected chi connectivity index (χ0v) is 25.0. The molecule has 8 nitrogen and oxygen atoms in total. The Kier molecular flexibility index (Phi) is 10.3. The van der Waals surface area contributed by atoms with Gasteiger partial charge in [-0.05, 0) is 67.3 Å². The summed E-state index contributed by atoms with van der Waals surface area (Å²) in [6.07, 6.45) is 7.56. The Morgan fingerprint density at radius 3 is 2.60 bits per heavy atom. The van der Waals surface area contributed by atoms with E-state index >= 15 is 0 Å². The number of carbonyl (C=O) groups is 3. The van der Waals surface area contributed by atoms with E-state index in [9.17, 15) is 14.4 Å². The molecule has 0 saturated carbocycles. The highest BCUT2D eigenvalue weighted by Gasteiger charge is 2.25. The van der Waals surface area contributed by atoms with Gasteiger partial charge in [0.15, 0.2) is 5.78 Å². The minimum absolute atomic E-state index is 0.134. The zero-order chi connectivity index (χ0) is 30.0. The predicted molar refractivity (Wildman–Crippen MR) is 165 cm³/mol. The van der Waals surface area contributed by atoms with Crippen LogP contribution in [0, 0.1) is 0 Å². The number of ketones is 1. The van der Waals surface area contributed by atoms with Gasteiger partial charge in [0.1, 0.15) is 11.9 Å². The third-order valence-electron chi connectivity index (χ3n) is 7.32. The molecule has 1 amide bonds. The second kappa shape index (κ2) is 14.7. The van der Waals surface area contributed by atoms with Crippen LogP contribution >= 0.6 is 11.8 Å². The van der Waals surface area contributed by atoms with Gasteiger partial charge in [0.25, 0.3) is 5.91 Å². The summed E-state index contributed by atoms with van der Waals surface area (Å²) >= 11 is 1.64. The normalized spacial score (nSPS) is 13.2.